The Morgan fingerprint density at radius 3 is 2.38 bits per heavy atom. The van der Waals surface area contributed by atoms with Crippen molar-refractivity contribution in [2.45, 2.75) is 19.4 Å². The van der Waals surface area contributed by atoms with Crippen molar-refractivity contribution in [3.05, 3.63) is 40.9 Å². The van der Waals surface area contributed by atoms with Gasteiger partial charge in [0.15, 0.2) is 0 Å². The maximum Gasteiger partial charge on any atom is 0.233 e. The van der Waals surface area contributed by atoms with Crippen LogP contribution in [0.15, 0.2) is 30.4 Å². The Bertz CT molecular complexity index is 600. The van der Waals surface area contributed by atoms with Crippen LogP contribution < -0.4 is 4.74 Å². The highest BCUT2D eigenvalue weighted by Gasteiger charge is 2.47. The topological polar surface area (TPSA) is 46.6 Å². The third-order valence-corrected chi connectivity index (χ3v) is 4.40. The summed E-state index contributed by atoms with van der Waals surface area (Å²) >= 11 is 6.00. The number of halogens is 1. The minimum Gasteiger partial charge on any atom is -0.496 e. The second-order valence-corrected chi connectivity index (χ2v) is 5.81. The molecule has 1 heterocycles. The number of hydrogen-bond acceptors (Lipinski definition) is 3. The Balaban J connectivity index is 1.87. The molecule has 0 radical (unpaired) electrons. The minimum absolute atomic E-state index is 0.0867. The van der Waals surface area contributed by atoms with Crippen molar-refractivity contribution < 1.29 is 14.3 Å². The van der Waals surface area contributed by atoms with E-state index in [4.69, 9.17) is 16.3 Å². The highest BCUT2D eigenvalue weighted by Crippen LogP contribution is 2.36. The number of imide groups is 1. The van der Waals surface area contributed by atoms with Gasteiger partial charge in [-0.2, -0.15) is 0 Å². The number of methoxy groups -OCH3 is 1. The highest BCUT2D eigenvalue weighted by molar-refractivity contribution is 6.30. The molecule has 2 aliphatic rings. The maximum atomic E-state index is 12.4. The zero-order valence-corrected chi connectivity index (χ0v) is 12.5. The minimum atomic E-state index is -0.201. The van der Waals surface area contributed by atoms with Gasteiger partial charge in [-0.05, 0) is 31.0 Å². The largest absolute Gasteiger partial charge is 0.496 e. The van der Waals surface area contributed by atoms with Crippen molar-refractivity contribution in [2.75, 3.05) is 7.11 Å². The van der Waals surface area contributed by atoms with Gasteiger partial charge in [0.1, 0.15) is 5.75 Å². The van der Waals surface area contributed by atoms with Gasteiger partial charge in [-0.25, -0.2) is 0 Å². The number of rotatable bonds is 3. The van der Waals surface area contributed by atoms with Crippen LogP contribution in [0, 0.1) is 11.8 Å². The molecule has 1 aliphatic heterocycles. The van der Waals surface area contributed by atoms with E-state index in [-0.39, 0.29) is 30.2 Å². The van der Waals surface area contributed by atoms with E-state index in [1.807, 2.05) is 12.2 Å². The van der Waals surface area contributed by atoms with E-state index < -0.39 is 0 Å². The number of nitrogens with zero attached hydrogens (tertiary/aromatic N) is 1. The van der Waals surface area contributed by atoms with E-state index in [0.717, 1.165) is 5.56 Å². The smallest absolute Gasteiger partial charge is 0.233 e. The number of carbonyl (C=O) groups is 2. The molecule has 1 saturated heterocycles. The van der Waals surface area contributed by atoms with Crippen molar-refractivity contribution in [1.29, 1.82) is 0 Å². The summed E-state index contributed by atoms with van der Waals surface area (Å²) < 4.78 is 5.28. The Labute approximate surface area is 128 Å². The van der Waals surface area contributed by atoms with Crippen molar-refractivity contribution in [1.82, 2.24) is 4.90 Å². The summed E-state index contributed by atoms with van der Waals surface area (Å²) in [4.78, 5) is 26.2. The number of allylic oxidation sites excluding steroid dienone is 2. The molecule has 3 rings (SSSR count). The molecule has 110 valence electrons. The third kappa shape index (κ3) is 2.44. The summed E-state index contributed by atoms with van der Waals surface area (Å²) in [5.41, 5.74) is 0.748. The molecule has 1 aliphatic carbocycles. The van der Waals surface area contributed by atoms with E-state index in [1.165, 1.54) is 4.90 Å². The fraction of sp³-hybridized carbons (Fsp3) is 0.375. The molecular formula is C16H16ClNO3. The van der Waals surface area contributed by atoms with Crippen LogP contribution in [0.3, 0.4) is 0 Å². The van der Waals surface area contributed by atoms with Gasteiger partial charge >= 0.3 is 0 Å². The van der Waals surface area contributed by atoms with Gasteiger partial charge in [-0.1, -0.05) is 23.8 Å². The van der Waals surface area contributed by atoms with E-state index in [2.05, 4.69) is 0 Å². The van der Waals surface area contributed by atoms with Gasteiger partial charge in [-0.3, -0.25) is 14.5 Å². The van der Waals surface area contributed by atoms with Crippen LogP contribution in [0.1, 0.15) is 18.4 Å². The van der Waals surface area contributed by atoms with E-state index >= 15 is 0 Å². The summed E-state index contributed by atoms with van der Waals surface area (Å²) in [6.45, 7) is 0.217. The van der Waals surface area contributed by atoms with Crippen LogP contribution in [0.25, 0.3) is 0 Å². The SMILES string of the molecule is COc1ccc(Cl)cc1CN1C(=O)[C@H]2CC=CC[C@@H]2C1=O. The summed E-state index contributed by atoms with van der Waals surface area (Å²) in [6.07, 6.45) is 5.27. The number of benzene rings is 1. The zero-order chi connectivity index (χ0) is 15.0. The fourth-order valence-corrected chi connectivity index (χ4v) is 3.26. The lowest BCUT2D eigenvalue weighted by Crippen LogP contribution is -2.30. The molecule has 1 aromatic rings. The van der Waals surface area contributed by atoms with Gasteiger partial charge in [0, 0.05) is 10.6 Å². The standard InChI is InChI=1S/C16H16ClNO3/c1-21-14-7-6-11(17)8-10(14)9-18-15(19)12-4-2-3-5-13(12)16(18)20/h2-3,6-8,12-13H,4-5,9H2,1H3/t12-,13-/m0/s1. The molecule has 0 aromatic heterocycles. The van der Waals surface area contributed by atoms with Gasteiger partial charge in [0.2, 0.25) is 11.8 Å². The lowest BCUT2D eigenvalue weighted by atomic mass is 9.85. The van der Waals surface area contributed by atoms with Crippen LogP contribution in [-0.4, -0.2) is 23.8 Å². The van der Waals surface area contributed by atoms with Crippen molar-refractivity contribution in [2.24, 2.45) is 11.8 Å². The average Bonchev–Trinajstić information content (AvgIpc) is 2.73. The van der Waals surface area contributed by atoms with Crippen LogP contribution in [0.2, 0.25) is 5.02 Å². The average molecular weight is 306 g/mol. The predicted molar refractivity (Wildman–Crippen MR) is 78.9 cm³/mol. The number of ether oxygens (including phenoxy) is 1. The van der Waals surface area contributed by atoms with Crippen molar-refractivity contribution in [3.63, 3.8) is 0 Å². The first-order chi connectivity index (χ1) is 10.1. The number of likely N-dealkylation sites (tertiary alicyclic amines) is 1. The second-order valence-electron chi connectivity index (χ2n) is 5.37. The molecule has 2 amide bonds. The molecule has 4 nitrogen and oxygen atoms in total. The molecule has 5 heteroatoms. The molecule has 0 N–H and O–H groups in total. The monoisotopic (exact) mass is 305 g/mol. The molecule has 0 unspecified atom stereocenters. The van der Waals surface area contributed by atoms with E-state index in [0.29, 0.717) is 23.6 Å². The van der Waals surface area contributed by atoms with Gasteiger partial charge in [0.05, 0.1) is 25.5 Å². The first-order valence-corrected chi connectivity index (χ1v) is 7.32. The summed E-state index contributed by atoms with van der Waals surface area (Å²) in [7, 11) is 1.56. The lowest BCUT2D eigenvalue weighted by molar-refractivity contribution is -0.140. The molecule has 21 heavy (non-hydrogen) atoms. The van der Waals surface area contributed by atoms with Crippen LogP contribution in [0.5, 0.6) is 5.75 Å². The molecule has 0 bridgehead atoms. The molecule has 2 atom stereocenters. The van der Waals surface area contributed by atoms with Crippen molar-refractivity contribution >= 4 is 23.4 Å². The zero-order valence-electron chi connectivity index (χ0n) is 11.7. The summed E-state index contributed by atoms with van der Waals surface area (Å²) in [5.74, 6) is 0.0566. The van der Waals surface area contributed by atoms with Gasteiger partial charge < -0.3 is 4.74 Å². The third-order valence-electron chi connectivity index (χ3n) is 4.17. The van der Waals surface area contributed by atoms with Gasteiger partial charge in [0.25, 0.3) is 0 Å². The Morgan fingerprint density at radius 2 is 1.81 bits per heavy atom. The molecule has 0 saturated carbocycles. The number of hydrogen-bond donors (Lipinski definition) is 0. The Kier molecular flexibility index (Phi) is 3.72. The van der Waals surface area contributed by atoms with Crippen molar-refractivity contribution in [3.8, 4) is 5.75 Å². The first kappa shape index (κ1) is 14.1. The predicted octanol–water partition coefficient (Wildman–Crippen LogP) is 2.80. The molecule has 0 spiro atoms. The van der Waals surface area contributed by atoms with Crippen LogP contribution >= 0.6 is 11.6 Å². The summed E-state index contributed by atoms with van der Waals surface area (Å²) in [6, 6.07) is 5.21. The first-order valence-electron chi connectivity index (χ1n) is 6.94. The normalized spacial score (nSPS) is 24.4. The molecule has 1 aromatic carbocycles. The number of amides is 2. The lowest BCUT2D eigenvalue weighted by Gasteiger charge is -2.17. The fourth-order valence-electron chi connectivity index (χ4n) is 3.07. The Morgan fingerprint density at radius 1 is 1.19 bits per heavy atom. The highest BCUT2D eigenvalue weighted by atomic mass is 35.5. The number of carbonyl (C=O) groups excluding carboxylic acids is 2. The van der Waals surface area contributed by atoms with E-state index in [1.54, 1.807) is 25.3 Å². The van der Waals surface area contributed by atoms with Crippen LogP contribution in [0.4, 0.5) is 0 Å². The maximum absolute atomic E-state index is 12.4. The molecule has 1 fully saturated rings. The Hall–Kier alpha value is -1.81. The number of fused-ring (bicyclic) bond motifs is 1. The van der Waals surface area contributed by atoms with E-state index in [9.17, 15) is 9.59 Å². The second kappa shape index (κ2) is 5.53. The van der Waals surface area contributed by atoms with Gasteiger partial charge in [-0.15, -0.1) is 0 Å². The quantitative estimate of drug-likeness (QED) is 0.637. The van der Waals surface area contributed by atoms with Crippen LogP contribution in [-0.2, 0) is 16.1 Å². The summed E-state index contributed by atoms with van der Waals surface area (Å²) in [5, 5.41) is 0.559. The molecular weight excluding hydrogens is 290 g/mol.